The number of cyclic esters (lactones) is 1. The average Bonchev–Trinajstić information content (AvgIpc) is 3.05. The van der Waals surface area contributed by atoms with E-state index in [1.54, 1.807) is 18.2 Å². The number of fused-ring (bicyclic) bond motifs is 1. The Labute approximate surface area is 166 Å². The predicted molar refractivity (Wildman–Crippen MR) is 105 cm³/mol. The fourth-order valence-electron chi connectivity index (χ4n) is 3.76. The van der Waals surface area contributed by atoms with Crippen LogP contribution in [0.1, 0.15) is 24.2 Å². The SMILES string of the molecule is COc1cccc2c1N(C1CCN(S(=O)c3cn(C)c(C)n3)CC1)C(=O)OC2. The Hall–Kier alpha value is -2.39. The second-order valence-corrected chi connectivity index (χ2v) is 8.47. The fraction of sp³-hybridized carbons (Fsp3) is 0.474. The van der Waals surface area contributed by atoms with Crippen molar-refractivity contribution in [2.75, 3.05) is 25.1 Å². The van der Waals surface area contributed by atoms with Crippen LogP contribution in [0.2, 0.25) is 0 Å². The average molecular weight is 404 g/mol. The molecule has 2 aliphatic rings. The van der Waals surface area contributed by atoms with E-state index in [9.17, 15) is 9.00 Å². The molecule has 0 saturated carbocycles. The molecule has 1 fully saturated rings. The third kappa shape index (κ3) is 3.29. The van der Waals surface area contributed by atoms with Crippen LogP contribution >= 0.6 is 0 Å². The first-order valence-corrected chi connectivity index (χ1v) is 10.4. The van der Waals surface area contributed by atoms with Gasteiger partial charge in [-0.25, -0.2) is 18.3 Å². The van der Waals surface area contributed by atoms with Crippen molar-refractivity contribution in [1.82, 2.24) is 13.9 Å². The number of benzene rings is 1. The van der Waals surface area contributed by atoms with E-state index in [4.69, 9.17) is 9.47 Å². The quantitative estimate of drug-likeness (QED) is 0.782. The van der Waals surface area contributed by atoms with Gasteiger partial charge in [-0.2, -0.15) is 0 Å². The number of piperidine rings is 1. The van der Waals surface area contributed by atoms with E-state index in [0.29, 0.717) is 36.7 Å². The predicted octanol–water partition coefficient (Wildman–Crippen LogP) is 2.38. The zero-order valence-corrected chi connectivity index (χ0v) is 17.1. The number of carbonyl (C=O) groups is 1. The van der Waals surface area contributed by atoms with Crippen molar-refractivity contribution >= 4 is 22.8 Å². The number of anilines is 1. The second-order valence-electron chi connectivity index (χ2n) is 7.04. The van der Waals surface area contributed by atoms with Gasteiger partial charge < -0.3 is 14.0 Å². The first kappa shape index (κ1) is 18.9. The molecular formula is C19H24N4O4S. The van der Waals surface area contributed by atoms with Crippen molar-refractivity contribution < 1.29 is 18.5 Å². The number of methoxy groups -OCH3 is 1. The van der Waals surface area contributed by atoms with Crippen LogP contribution in [0.5, 0.6) is 5.75 Å². The van der Waals surface area contributed by atoms with Crippen LogP contribution in [-0.4, -0.2) is 50.4 Å². The number of ether oxygens (including phenoxy) is 2. The Kier molecular flexibility index (Phi) is 5.11. The fourth-order valence-corrected chi connectivity index (χ4v) is 5.03. The standard InChI is InChI=1S/C19H24N4O4S/c1-13-20-17(11-21(13)2)28(25)22-9-7-15(8-10-22)23-18-14(12-27-19(23)24)5-4-6-16(18)26-3/h4-6,11,15H,7-10,12H2,1-3H3. The molecule has 150 valence electrons. The van der Waals surface area contributed by atoms with Gasteiger partial charge in [-0.3, -0.25) is 4.90 Å². The summed E-state index contributed by atoms with van der Waals surface area (Å²) >= 11 is 0. The van der Waals surface area contributed by atoms with Gasteiger partial charge in [-0.15, -0.1) is 0 Å². The van der Waals surface area contributed by atoms with E-state index in [0.717, 1.165) is 17.1 Å². The minimum absolute atomic E-state index is 0.0263. The molecule has 2 aliphatic heterocycles. The van der Waals surface area contributed by atoms with E-state index in [1.165, 1.54) is 0 Å². The Morgan fingerprint density at radius 1 is 1.29 bits per heavy atom. The van der Waals surface area contributed by atoms with Crippen LogP contribution in [0.3, 0.4) is 0 Å². The van der Waals surface area contributed by atoms with E-state index < -0.39 is 11.0 Å². The summed E-state index contributed by atoms with van der Waals surface area (Å²) in [6, 6.07) is 5.68. The minimum Gasteiger partial charge on any atom is -0.495 e. The maximum absolute atomic E-state index is 12.8. The molecule has 28 heavy (non-hydrogen) atoms. The first-order valence-electron chi connectivity index (χ1n) is 9.28. The van der Waals surface area contributed by atoms with Gasteiger partial charge in [0, 0.05) is 37.9 Å². The largest absolute Gasteiger partial charge is 0.495 e. The smallest absolute Gasteiger partial charge is 0.415 e. The van der Waals surface area contributed by atoms with Crippen LogP contribution in [0.4, 0.5) is 10.5 Å². The molecule has 4 rings (SSSR count). The summed E-state index contributed by atoms with van der Waals surface area (Å²) in [7, 11) is 2.20. The van der Waals surface area contributed by atoms with Gasteiger partial charge in [0.2, 0.25) is 0 Å². The van der Waals surface area contributed by atoms with Gasteiger partial charge in [0.25, 0.3) is 0 Å². The summed E-state index contributed by atoms with van der Waals surface area (Å²) in [5.74, 6) is 1.50. The molecule has 8 nitrogen and oxygen atoms in total. The van der Waals surface area contributed by atoms with Crippen LogP contribution in [0.25, 0.3) is 0 Å². The molecule has 3 heterocycles. The lowest BCUT2D eigenvalue weighted by molar-refractivity contribution is 0.135. The highest BCUT2D eigenvalue weighted by Gasteiger charge is 2.37. The van der Waals surface area contributed by atoms with E-state index >= 15 is 0 Å². The highest BCUT2D eigenvalue weighted by atomic mass is 32.2. The van der Waals surface area contributed by atoms with Crippen LogP contribution in [0.15, 0.2) is 29.4 Å². The number of hydrogen-bond donors (Lipinski definition) is 0. The monoisotopic (exact) mass is 404 g/mol. The Morgan fingerprint density at radius 2 is 2.04 bits per heavy atom. The number of hydrogen-bond acceptors (Lipinski definition) is 5. The van der Waals surface area contributed by atoms with Crippen molar-refractivity contribution in [2.45, 2.75) is 37.4 Å². The maximum atomic E-state index is 12.8. The zero-order chi connectivity index (χ0) is 19.8. The summed E-state index contributed by atoms with van der Waals surface area (Å²) in [5.41, 5.74) is 1.73. The lowest BCUT2D eigenvalue weighted by Gasteiger charge is -2.40. The Bertz CT molecular complexity index is 887. The number of aryl methyl sites for hydroxylation is 2. The number of carbonyl (C=O) groups excluding carboxylic acids is 1. The molecule has 2 aromatic rings. The summed E-state index contributed by atoms with van der Waals surface area (Å²) in [6.07, 6.45) is 2.85. The molecule has 1 atom stereocenters. The number of imidazole rings is 1. The van der Waals surface area contributed by atoms with Crippen LogP contribution in [0, 0.1) is 6.92 Å². The lowest BCUT2D eigenvalue weighted by atomic mass is 10.0. The number of para-hydroxylation sites is 1. The Balaban J connectivity index is 1.51. The Morgan fingerprint density at radius 3 is 2.68 bits per heavy atom. The third-order valence-electron chi connectivity index (χ3n) is 5.38. The molecule has 0 bridgehead atoms. The lowest BCUT2D eigenvalue weighted by Crippen LogP contribution is -2.49. The molecule has 0 spiro atoms. The van der Waals surface area contributed by atoms with Crippen molar-refractivity contribution in [3.63, 3.8) is 0 Å². The zero-order valence-electron chi connectivity index (χ0n) is 16.3. The number of amides is 1. The van der Waals surface area contributed by atoms with Crippen molar-refractivity contribution in [2.24, 2.45) is 7.05 Å². The highest BCUT2D eigenvalue weighted by Crippen LogP contribution is 2.39. The summed E-state index contributed by atoms with van der Waals surface area (Å²) in [6.45, 7) is 3.37. The number of nitrogens with zero attached hydrogens (tertiary/aromatic N) is 4. The van der Waals surface area contributed by atoms with Gasteiger partial charge in [-0.1, -0.05) is 12.1 Å². The molecule has 1 amide bonds. The molecule has 0 radical (unpaired) electrons. The normalized spacial score (nSPS) is 19.2. The molecule has 1 unspecified atom stereocenters. The van der Waals surface area contributed by atoms with Gasteiger partial charge in [0.15, 0.2) is 5.03 Å². The highest BCUT2D eigenvalue weighted by molar-refractivity contribution is 7.82. The van der Waals surface area contributed by atoms with Gasteiger partial charge in [-0.05, 0) is 25.8 Å². The molecule has 1 aromatic heterocycles. The molecule has 1 aromatic carbocycles. The summed E-state index contributed by atoms with van der Waals surface area (Å²) in [4.78, 5) is 18.7. The van der Waals surface area contributed by atoms with E-state index in [1.807, 2.05) is 41.0 Å². The minimum atomic E-state index is -1.30. The second kappa shape index (κ2) is 7.56. The van der Waals surface area contributed by atoms with Crippen LogP contribution < -0.4 is 9.64 Å². The van der Waals surface area contributed by atoms with Crippen molar-refractivity contribution in [1.29, 1.82) is 0 Å². The maximum Gasteiger partial charge on any atom is 0.415 e. The molecule has 9 heteroatoms. The van der Waals surface area contributed by atoms with Gasteiger partial charge in [0.1, 0.15) is 29.2 Å². The third-order valence-corrected chi connectivity index (χ3v) is 6.77. The van der Waals surface area contributed by atoms with E-state index in [2.05, 4.69) is 4.98 Å². The molecule has 1 saturated heterocycles. The molecule has 0 N–H and O–H groups in total. The number of aromatic nitrogens is 2. The molecular weight excluding hydrogens is 380 g/mol. The first-order chi connectivity index (χ1) is 13.5. The van der Waals surface area contributed by atoms with Crippen molar-refractivity contribution in [3.05, 3.63) is 35.8 Å². The molecule has 0 aliphatic carbocycles. The van der Waals surface area contributed by atoms with Crippen molar-refractivity contribution in [3.8, 4) is 5.75 Å². The summed E-state index contributed by atoms with van der Waals surface area (Å²) in [5, 5.41) is 0.572. The van der Waals surface area contributed by atoms with E-state index in [-0.39, 0.29) is 18.7 Å². The van der Waals surface area contributed by atoms with Gasteiger partial charge >= 0.3 is 6.09 Å². The number of rotatable bonds is 4. The topological polar surface area (TPSA) is 76.9 Å². The van der Waals surface area contributed by atoms with Gasteiger partial charge in [0.05, 0.1) is 12.8 Å². The summed E-state index contributed by atoms with van der Waals surface area (Å²) < 4.78 is 27.5. The van der Waals surface area contributed by atoms with Crippen LogP contribution in [-0.2, 0) is 29.4 Å².